The number of carbonyl (C=O) groups is 1. The van der Waals surface area contributed by atoms with E-state index in [1.165, 1.54) is 0 Å². The molecule has 0 saturated carbocycles. The van der Waals surface area contributed by atoms with E-state index < -0.39 is 0 Å². The van der Waals surface area contributed by atoms with Crippen molar-refractivity contribution in [3.63, 3.8) is 0 Å². The number of likely N-dealkylation sites (tertiary alicyclic amines) is 2. The fourth-order valence-electron chi connectivity index (χ4n) is 3.12. The van der Waals surface area contributed by atoms with Gasteiger partial charge in [0.15, 0.2) is 0 Å². The highest BCUT2D eigenvalue weighted by molar-refractivity contribution is 5.99. The number of hydrogen-bond donors (Lipinski definition) is 0. The van der Waals surface area contributed by atoms with Gasteiger partial charge in [0.1, 0.15) is 11.6 Å². The van der Waals surface area contributed by atoms with Crippen molar-refractivity contribution in [2.24, 2.45) is 0 Å². The van der Waals surface area contributed by atoms with Crippen LogP contribution in [0, 0.1) is 11.3 Å². The van der Waals surface area contributed by atoms with Crippen molar-refractivity contribution in [2.75, 3.05) is 19.6 Å². The third-order valence-corrected chi connectivity index (χ3v) is 4.54. The van der Waals surface area contributed by atoms with Crippen LogP contribution in [-0.4, -0.2) is 46.9 Å². The second-order valence-corrected chi connectivity index (χ2v) is 6.23. The van der Waals surface area contributed by atoms with Crippen LogP contribution in [0.15, 0.2) is 11.1 Å². The van der Waals surface area contributed by atoms with Gasteiger partial charge in [0.25, 0.3) is 5.91 Å². The minimum atomic E-state index is -0.0700. The lowest BCUT2D eigenvalue weighted by atomic mass is 9.83. The summed E-state index contributed by atoms with van der Waals surface area (Å²) in [5.41, 5.74) is 1.13. The molecule has 2 saturated heterocycles. The van der Waals surface area contributed by atoms with Crippen molar-refractivity contribution in [3.8, 4) is 6.07 Å². The molecular formula is C15H23N3O. The predicted molar refractivity (Wildman–Crippen MR) is 74.4 cm³/mol. The molecule has 0 radical (unpaired) electrons. The van der Waals surface area contributed by atoms with E-state index in [1.54, 1.807) is 0 Å². The highest BCUT2D eigenvalue weighted by atomic mass is 16.2. The summed E-state index contributed by atoms with van der Waals surface area (Å²) in [6, 6.07) is 2.59. The maximum Gasteiger partial charge on any atom is 0.264 e. The van der Waals surface area contributed by atoms with Gasteiger partial charge < -0.3 is 4.90 Å². The maximum absolute atomic E-state index is 12.5. The maximum atomic E-state index is 12.5. The summed E-state index contributed by atoms with van der Waals surface area (Å²) in [7, 11) is 0. The van der Waals surface area contributed by atoms with Crippen LogP contribution in [0.1, 0.15) is 40.5 Å². The smallest absolute Gasteiger partial charge is 0.264 e. The van der Waals surface area contributed by atoms with Gasteiger partial charge in [-0.1, -0.05) is 5.57 Å². The monoisotopic (exact) mass is 261 g/mol. The van der Waals surface area contributed by atoms with E-state index in [2.05, 4.69) is 24.8 Å². The molecule has 4 heteroatoms. The first-order chi connectivity index (χ1) is 8.91. The van der Waals surface area contributed by atoms with E-state index in [9.17, 15) is 4.79 Å². The van der Waals surface area contributed by atoms with E-state index in [0.717, 1.165) is 38.0 Å². The quantitative estimate of drug-likeness (QED) is 0.563. The Hall–Kier alpha value is -1.34. The standard InChI is InChI=1S/C15H23N3O/c1-11(2)13(9-16)14(19)18-8-6-15(18)5-7-17(10-15)12(3)4/h12H,5-8,10H2,1-4H3. The third kappa shape index (κ3) is 2.28. The zero-order valence-corrected chi connectivity index (χ0v) is 12.4. The van der Waals surface area contributed by atoms with Crippen LogP contribution < -0.4 is 0 Å². The molecule has 2 rings (SSSR count). The number of hydrogen-bond acceptors (Lipinski definition) is 3. The van der Waals surface area contributed by atoms with Crippen molar-refractivity contribution in [2.45, 2.75) is 52.1 Å². The van der Waals surface area contributed by atoms with Crippen molar-refractivity contribution < 1.29 is 4.79 Å². The van der Waals surface area contributed by atoms with Crippen LogP contribution in [0.4, 0.5) is 0 Å². The molecule has 19 heavy (non-hydrogen) atoms. The molecule has 1 atom stereocenters. The van der Waals surface area contributed by atoms with Crippen molar-refractivity contribution in [1.29, 1.82) is 5.26 Å². The molecular weight excluding hydrogens is 238 g/mol. The minimum Gasteiger partial charge on any atom is -0.331 e. The van der Waals surface area contributed by atoms with Crippen LogP contribution in [0.3, 0.4) is 0 Å². The molecule has 2 heterocycles. The number of nitrogens with zero attached hydrogens (tertiary/aromatic N) is 3. The van der Waals surface area contributed by atoms with E-state index in [-0.39, 0.29) is 11.4 Å². The molecule has 0 bridgehead atoms. The SMILES string of the molecule is CC(C)=C(C#N)C(=O)N1CCC12CCN(C(C)C)C2. The molecule has 2 aliphatic rings. The first-order valence-electron chi connectivity index (χ1n) is 7.05. The molecule has 104 valence electrons. The summed E-state index contributed by atoms with van der Waals surface area (Å²) in [6.07, 6.45) is 2.11. The molecule has 0 aromatic heterocycles. The second-order valence-electron chi connectivity index (χ2n) is 6.23. The fraction of sp³-hybridized carbons (Fsp3) is 0.733. The number of allylic oxidation sites excluding steroid dienone is 1. The average Bonchev–Trinajstić information content (AvgIpc) is 2.75. The molecule has 0 aliphatic carbocycles. The molecule has 2 aliphatic heterocycles. The van der Waals surface area contributed by atoms with Gasteiger partial charge >= 0.3 is 0 Å². The van der Waals surface area contributed by atoms with Gasteiger partial charge in [0, 0.05) is 25.7 Å². The van der Waals surface area contributed by atoms with Crippen molar-refractivity contribution in [1.82, 2.24) is 9.80 Å². The lowest BCUT2D eigenvalue weighted by molar-refractivity contribution is -0.141. The highest BCUT2D eigenvalue weighted by Crippen LogP contribution is 2.40. The van der Waals surface area contributed by atoms with Crippen LogP contribution in [-0.2, 0) is 4.79 Å². The van der Waals surface area contributed by atoms with E-state index in [1.807, 2.05) is 18.7 Å². The van der Waals surface area contributed by atoms with Crippen molar-refractivity contribution in [3.05, 3.63) is 11.1 Å². The van der Waals surface area contributed by atoms with Crippen LogP contribution >= 0.6 is 0 Å². The molecule has 4 nitrogen and oxygen atoms in total. The zero-order chi connectivity index (χ0) is 14.2. The number of nitriles is 1. The molecule has 1 spiro atoms. The Morgan fingerprint density at radius 2 is 1.89 bits per heavy atom. The van der Waals surface area contributed by atoms with Gasteiger partial charge in [-0.3, -0.25) is 9.69 Å². The molecule has 1 amide bonds. The molecule has 0 aromatic rings. The first-order valence-corrected chi connectivity index (χ1v) is 7.05. The van der Waals surface area contributed by atoms with Gasteiger partial charge in [-0.2, -0.15) is 5.26 Å². The third-order valence-electron chi connectivity index (χ3n) is 4.54. The summed E-state index contributed by atoms with van der Waals surface area (Å²) >= 11 is 0. The second kappa shape index (κ2) is 4.97. The van der Waals surface area contributed by atoms with Crippen LogP contribution in [0.25, 0.3) is 0 Å². The Kier molecular flexibility index (Phi) is 3.69. The summed E-state index contributed by atoms with van der Waals surface area (Å²) in [5.74, 6) is -0.0700. The lowest BCUT2D eigenvalue weighted by Gasteiger charge is -2.51. The Bertz CT molecular complexity index is 457. The normalized spacial score (nSPS) is 26.4. The summed E-state index contributed by atoms with van der Waals surface area (Å²) in [5, 5.41) is 9.14. The zero-order valence-electron chi connectivity index (χ0n) is 12.4. The first kappa shape index (κ1) is 14.1. The summed E-state index contributed by atoms with van der Waals surface area (Å²) in [6.45, 7) is 10.9. The van der Waals surface area contributed by atoms with Gasteiger partial charge in [0.05, 0.1) is 5.54 Å². The van der Waals surface area contributed by atoms with Gasteiger partial charge in [0.2, 0.25) is 0 Å². The highest BCUT2D eigenvalue weighted by Gasteiger charge is 2.52. The van der Waals surface area contributed by atoms with Crippen molar-refractivity contribution >= 4 is 5.91 Å². The van der Waals surface area contributed by atoms with E-state index in [4.69, 9.17) is 5.26 Å². The molecule has 0 aromatic carbocycles. The average molecular weight is 261 g/mol. The molecule has 1 unspecified atom stereocenters. The summed E-state index contributed by atoms with van der Waals surface area (Å²) < 4.78 is 0. The topological polar surface area (TPSA) is 47.3 Å². The number of carbonyl (C=O) groups excluding carboxylic acids is 1. The molecule has 2 fully saturated rings. The Labute approximate surface area is 115 Å². The summed E-state index contributed by atoms with van der Waals surface area (Å²) in [4.78, 5) is 16.8. The Morgan fingerprint density at radius 1 is 1.26 bits per heavy atom. The number of rotatable bonds is 2. The molecule has 0 N–H and O–H groups in total. The Morgan fingerprint density at radius 3 is 2.26 bits per heavy atom. The lowest BCUT2D eigenvalue weighted by Crippen LogP contribution is -2.63. The van der Waals surface area contributed by atoms with E-state index in [0.29, 0.717) is 11.6 Å². The van der Waals surface area contributed by atoms with E-state index >= 15 is 0 Å². The minimum absolute atomic E-state index is 0.00109. The van der Waals surface area contributed by atoms with Gasteiger partial charge in [-0.05, 0) is 40.5 Å². The van der Waals surface area contributed by atoms with Gasteiger partial charge in [-0.25, -0.2) is 0 Å². The fourth-order valence-corrected chi connectivity index (χ4v) is 3.12. The van der Waals surface area contributed by atoms with Crippen LogP contribution in [0.2, 0.25) is 0 Å². The predicted octanol–water partition coefficient (Wildman–Crippen LogP) is 1.93. The number of amides is 1. The largest absolute Gasteiger partial charge is 0.331 e. The Balaban J connectivity index is 2.14. The van der Waals surface area contributed by atoms with Crippen LogP contribution in [0.5, 0.6) is 0 Å². The van der Waals surface area contributed by atoms with Gasteiger partial charge in [-0.15, -0.1) is 0 Å².